The van der Waals surface area contributed by atoms with Crippen molar-refractivity contribution in [2.24, 2.45) is 5.92 Å². The first-order chi connectivity index (χ1) is 11.5. The van der Waals surface area contributed by atoms with Crippen LogP contribution in [0.5, 0.6) is 0 Å². The highest BCUT2D eigenvalue weighted by Crippen LogP contribution is 2.27. The van der Waals surface area contributed by atoms with Gasteiger partial charge in [0.25, 0.3) is 5.69 Å². The fourth-order valence-corrected chi connectivity index (χ4v) is 5.25. The van der Waals surface area contributed by atoms with Gasteiger partial charge in [-0.2, -0.15) is 0 Å². The molecule has 0 amide bonds. The Morgan fingerprint density at radius 1 is 1.17 bits per heavy atom. The van der Waals surface area contributed by atoms with Crippen molar-refractivity contribution < 1.29 is 13.3 Å². The second-order valence-electron chi connectivity index (χ2n) is 6.62. The lowest BCUT2D eigenvalue weighted by Crippen LogP contribution is -2.43. The molecule has 2 saturated heterocycles. The maximum atomic E-state index is 12.6. The monoisotopic (exact) mass is 353 g/mol. The third kappa shape index (κ3) is 3.93. The number of benzene rings is 1. The number of piperidine rings is 1. The topological polar surface area (TPSA) is 92.5 Å². The molecule has 0 spiro atoms. The van der Waals surface area contributed by atoms with E-state index in [1.807, 2.05) is 0 Å². The molecule has 3 rings (SSSR count). The minimum atomic E-state index is -3.37. The average Bonchev–Trinajstić information content (AvgIpc) is 3.09. The Hall–Kier alpha value is -1.51. The van der Waals surface area contributed by atoms with E-state index in [0.29, 0.717) is 30.6 Å². The molecular weight excluding hydrogens is 330 g/mol. The van der Waals surface area contributed by atoms with Crippen molar-refractivity contribution in [3.05, 3.63) is 39.9 Å². The molecule has 0 aliphatic carbocycles. The van der Waals surface area contributed by atoms with Crippen LogP contribution in [0.4, 0.5) is 5.69 Å². The van der Waals surface area contributed by atoms with E-state index in [4.69, 9.17) is 0 Å². The van der Waals surface area contributed by atoms with Gasteiger partial charge in [-0.3, -0.25) is 10.1 Å². The lowest BCUT2D eigenvalue weighted by molar-refractivity contribution is -0.384. The van der Waals surface area contributed by atoms with Crippen LogP contribution in [-0.2, 0) is 15.8 Å². The van der Waals surface area contributed by atoms with Gasteiger partial charge in [-0.1, -0.05) is 12.1 Å². The highest BCUT2D eigenvalue weighted by molar-refractivity contribution is 7.88. The lowest BCUT2D eigenvalue weighted by atomic mass is 9.89. The molecule has 1 aromatic carbocycles. The molecule has 132 valence electrons. The van der Waals surface area contributed by atoms with Gasteiger partial charge in [-0.25, -0.2) is 12.7 Å². The standard InChI is InChI=1S/C16H23N3O4S/c20-19(21)15-5-3-13(4-6-15)12-24(22,23)18-10-7-14(8-11-18)16-2-1-9-17-16/h3-6,14,16-17H,1-2,7-12H2. The van der Waals surface area contributed by atoms with Crippen LogP contribution in [0.25, 0.3) is 0 Å². The zero-order chi connectivity index (χ0) is 17.2. The van der Waals surface area contributed by atoms with E-state index < -0.39 is 14.9 Å². The van der Waals surface area contributed by atoms with E-state index >= 15 is 0 Å². The normalized spacial score (nSPS) is 23.4. The maximum Gasteiger partial charge on any atom is 0.269 e. The fraction of sp³-hybridized carbons (Fsp3) is 0.625. The number of nitro benzene ring substituents is 1. The van der Waals surface area contributed by atoms with Crippen molar-refractivity contribution in [3.63, 3.8) is 0 Å². The molecule has 0 aromatic heterocycles. The number of nitrogens with one attached hydrogen (secondary N) is 1. The van der Waals surface area contributed by atoms with Crippen molar-refractivity contribution >= 4 is 15.7 Å². The number of hydrogen-bond donors (Lipinski definition) is 1. The summed E-state index contributed by atoms with van der Waals surface area (Å²) in [6, 6.07) is 6.28. The lowest BCUT2D eigenvalue weighted by Gasteiger charge is -2.34. The van der Waals surface area contributed by atoms with E-state index in [2.05, 4.69) is 5.32 Å². The van der Waals surface area contributed by atoms with Crippen molar-refractivity contribution in [1.29, 1.82) is 0 Å². The summed E-state index contributed by atoms with van der Waals surface area (Å²) in [7, 11) is -3.37. The fourth-order valence-electron chi connectivity index (χ4n) is 3.69. The van der Waals surface area contributed by atoms with Gasteiger partial charge in [-0.05, 0) is 43.7 Å². The Morgan fingerprint density at radius 3 is 2.38 bits per heavy atom. The molecule has 2 heterocycles. The zero-order valence-corrected chi connectivity index (χ0v) is 14.4. The van der Waals surface area contributed by atoms with E-state index in [9.17, 15) is 18.5 Å². The summed E-state index contributed by atoms with van der Waals surface area (Å²) in [5.74, 6) is 0.468. The van der Waals surface area contributed by atoms with Gasteiger partial charge >= 0.3 is 0 Å². The Balaban J connectivity index is 1.58. The zero-order valence-electron chi connectivity index (χ0n) is 13.6. The highest BCUT2D eigenvalue weighted by atomic mass is 32.2. The molecule has 1 unspecified atom stereocenters. The van der Waals surface area contributed by atoms with Gasteiger partial charge in [0.1, 0.15) is 0 Å². The first-order valence-electron chi connectivity index (χ1n) is 8.40. The van der Waals surface area contributed by atoms with E-state index in [-0.39, 0.29) is 11.4 Å². The molecule has 0 radical (unpaired) electrons. The van der Waals surface area contributed by atoms with Crippen molar-refractivity contribution in [3.8, 4) is 0 Å². The molecule has 0 bridgehead atoms. The van der Waals surface area contributed by atoms with Crippen LogP contribution in [0.2, 0.25) is 0 Å². The Labute approximate surface area is 142 Å². The molecule has 24 heavy (non-hydrogen) atoms. The summed E-state index contributed by atoms with van der Waals surface area (Å²) in [5.41, 5.74) is 0.557. The molecule has 2 aliphatic rings. The summed E-state index contributed by atoms with van der Waals surface area (Å²) in [6.07, 6.45) is 4.21. The number of hydrogen-bond acceptors (Lipinski definition) is 5. The number of nitrogens with zero attached hydrogens (tertiary/aromatic N) is 2. The van der Waals surface area contributed by atoms with Gasteiger partial charge < -0.3 is 5.32 Å². The molecule has 1 N–H and O–H groups in total. The average molecular weight is 353 g/mol. The predicted molar refractivity (Wildman–Crippen MR) is 91.0 cm³/mol. The largest absolute Gasteiger partial charge is 0.314 e. The molecule has 2 aliphatic heterocycles. The Kier molecular flexibility index (Phi) is 5.17. The van der Waals surface area contributed by atoms with Crippen LogP contribution in [0, 0.1) is 16.0 Å². The van der Waals surface area contributed by atoms with Crippen molar-refractivity contribution in [2.75, 3.05) is 19.6 Å². The van der Waals surface area contributed by atoms with Crippen molar-refractivity contribution in [1.82, 2.24) is 9.62 Å². The van der Waals surface area contributed by atoms with Gasteiger partial charge in [0.15, 0.2) is 0 Å². The Bertz CT molecular complexity index is 676. The summed E-state index contributed by atoms with van der Waals surface area (Å²) in [6.45, 7) is 2.21. The van der Waals surface area contributed by atoms with E-state index in [0.717, 1.165) is 19.4 Å². The second-order valence-corrected chi connectivity index (χ2v) is 8.59. The molecule has 7 nitrogen and oxygen atoms in total. The van der Waals surface area contributed by atoms with Crippen LogP contribution in [-0.4, -0.2) is 43.3 Å². The van der Waals surface area contributed by atoms with Crippen LogP contribution in [0.1, 0.15) is 31.2 Å². The van der Waals surface area contributed by atoms with Gasteiger partial charge in [-0.15, -0.1) is 0 Å². The summed E-state index contributed by atoms with van der Waals surface area (Å²) in [5, 5.41) is 14.2. The molecule has 1 atom stereocenters. The summed E-state index contributed by atoms with van der Waals surface area (Å²) in [4.78, 5) is 10.2. The smallest absolute Gasteiger partial charge is 0.269 e. The highest BCUT2D eigenvalue weighted by Gasteiger charge is 2.32. The van der Waals surface area contributed by atoms with Gasteiger partial charge in [0.05, 0.1) is 10.7 Å². The van der Waals surface area contributed by atoms with Crippen LogP contribution >= 0.6 is 0 Å². The van der Waals surface area contributed by atoms with Crippen molar-refractivity contribution in [2.45, 2.75) is 37.5 Å². The summed E-state index contributed by atoms with van der Waals surface area (Å²) >= 11 is 0. The van der Waals surface area contributed by atoms with Gasteiger partial charge in [0, 0.05) is 31.3 Å². The maximum absolute atomic E-state index is 12.6. The third-order valence-electron chi connectivity index (χ3n) is 5.06. The number of sulfonamides is 1. The van der Waals surface area contributed by atoms with E-state index in [1.165, 1.54) is 37.1 Å². The molecule has 0 saturated carbocycles. The minimum absolute atomic E-state index is 0.0268. The number of non-ortho nitro benzene ring substituents is 1. The Morgan fingerprint density at radius 2 is 1.83 bits per heavy atom. The predicted octanol–water partition coefficient (Wildman–Crippen LogP) is 1.89. The quantitative estimate of drug-likeness (QED) is 0.644. The van der Waals surface area contributed by atoms with Crippen LogP contribution in [0.15, 0.2) is 24.3 Å². The molecular formula is C16H23N3O4S. The van der Waals surface area contributed by atoms with Crippen LogP contribution in [0.3, 0.4) is 0 Å². The molecule has 2 fully saturated rings. The number of nitro groups is 1. The summed E-state index contributed by atoms with van der Waals surface area (Å²) < 4.78 is 26.7. The third-order valence-corrected chi connectivity index (χ3v) is 6.91. The van der Waals surface area contributed by atoms with Crippen LogP contribution < -0.4 is 5.32 Å². The van der Waals surface area contributed by atoms with Gasteiger partial charge in [0.2, 0.25) is 10.0 Å². The first kappa shape index (κ1) is 17.3. The molecule has 8 heteroatoms. The van der Waals surface area contributed by atoms with E-state index in [1.54, 1.807) is 4.31 Å². The molecule has 1 aromatic rings. The first-order valence-corrected chi connectivity index (χ1v) is 10.0. The number of rotatable bonds is 5. The second kappa shape index (κ2) is 7.16. The SMILES string of the molecule is O=[N+]([O-])c1ccc(CS(=O)(=O)N2CCC(C3CCCN3)CC2)cc1. The minimum Gasteiger partial charge on any atom is -0.314 e.